The largest absolute Gasteiger partial charge is 0.371 e. The molecule has 0 spiro atoms. The minimum atomic E-state index is 0.536. The molecule has 102 valence electrons. The van der Waals surface area contributed by atoms with Crippen LogP contribution in [0.4, 0.5) is 5.69 Å². The molecule has 2 rings (SSSR count). The quantitative estimate of drug-likeness (QED) is 0.806. The second kappa shape index (κ2) is 6.30. The lowest BCUT2D eigenvalue weighted by Crippen LogP contribution is -2.35. The summed E-state index contributed by atoms with van der Waals surface area (Å²) in [5.74, 6) is 0.888. The van der Waals surface area contributed by atoms with E-state index >= 15 is 0 Å². The van der Waals surface area contributed by atoms with Gasteiger partial charge >= 0.3 is 0 Å². The Hall–Kier alpha value is -1.20. The van der Waals surface area contributed by atoms with Crippen LogP contribution in [0.25, 0.3) is 0 Å². The maximum atomic E-state index is 9.22. The predicted octanol–water partition coefficient (Wildman–Crippen LogP) is 4.62. The number of nitrogens with zero attached hydrogens (tertiary/aromatic N) is 2. The molecular weight excluding hydrogens is 256 g/mol. The lowest BCUT2D eigenvalue weighted by molar-refractivity contribution is 0.313. The predicted molar refractivity (Wildman–Crippen MR) is 80.6 cm³/mol. The summed E-state index contributed by atoms with van der Waals surface area (Å²) in [5, 5.41) is 9.91. The first kappa shape index (κ1) is 14.2. The van der Waals surface area contributed by atoms with Crippen LogP contribution in [0, 0.1) is 17.2 Å². The van der Waals surface area contributed by atoms with E-state index < -0.39 is 0 Å². The smallest absolute Gasteiger partial charge is 0.101 e. The Labute approximate surface area is 121 Å². The highest BCUT2D eigenvalue weighted by molar-refractivity contribution is 6.30. The standard InChI is InChI=1S/C16H21ClN2/c1-3-12-4-8-15(9-5-12)19(2)16-10-14(17)7-6-13(16)11-18/h6-7,10,12,15H,3-5,8-9H2,1-2H3. The molecule has 0 amide bonds. The first-order valence-electron chi connectivity index (χ1n) is 7.08. The average Bonchev–Trinajstić information content (AvgIpc) is 2.46. The van der Waals surface area contributed by atoms with Crippen molar-refractivity contribution < 1.29 is 0 Å². The molecule has 1 aromatic carbocycles. The first-order chi connectivity index (χ1) is 9.15. The molecule has 0 bridgehead atoms. The molecular formula is C16H21ClN2. The Kier molecular flexibility index (Phi) is 4.71. The normalized spacial score (nSPS) is 22.8. The summed E-state index contributed by atoms with van der Waals surface area (Å²) in [7, 11) is 2.09. The molecule has 0 saturated heterocycles. The van der Waals surface area contributed by atoms with E-state index in [0.29, 0.717) is 16.6 Å². The summed E-state index contributed by atoms with van der Waals surface area (Å²) in [4.78, 5) is 2.25. The van der Waals surface area contributed by atoms with Crippen molar-refractivity contribution in [1.29, 1.82) is 5.26 Å². The van der Waals surface area contributed by atoms with Gasteiger partial charge in [0.1, 0.15) is 6.07 Å². The molecule has 1 aliphatic rings. The van der Waals surface area contributed by atoms with E-state index in [2.05, 4.69) is 24.9 Å². The van der Waals surface area contributed by atoms with E-state index in [4.69, 9.17) is 11.6 Å². The third-order valence-corrected chi connectivity index (χ3v) is 4.64. The average molecular weight is 277 g/mol. The maximum absolute atomic E-state index is 9.22. The fourth-order valence-corrected chi connectivity index (χ4v) is 3.19. The van der Waals surface area contributed by atoms with Gasteiger partial charge in [0.05, 0.1) is 11.3 Å². The minimum absolute atomic E-state index is 0.536. The zero-order chi connectivity index (χ0) is 13.8. The number of anilines is 1. The Morgan fingerprint density at radius 3 is 2.58 bits per heavy atom. The zero-order valence-electron chi connectivity index (χ0n) is 11.7. The fraction of sp³-hybridized carbons (Fsp3) is 0.562. The molecule has 2 nitrogen and oxygen atoms in total. The summed E-state index contributed by atoms with van der Waals surface area (Å²) in [6.07, 6.45) is 6.32. The maximum Gasteiger partial charge on any atom is 0.101 e. The highest BCUT2D eigenvalue weighted by Crippen LogP contribution is 2.33. The SMILES string of the molecule is CCC1CCC(N(C)c2cc(Cl)ccc2C#N)CC1. The molecule has 0 aromatic heterocycles. The van der Waals surface area contributed by atoms with E-state index in [9.17, 15) is 5.26 Å². The van der Waals surface area contributed by atoms with Crippen LogP contribution in [0.15, 0.2) is 18.2 Å². The summed E-state index contributed by atoms with van der Waals surface area (Å²) in [6, 6.07) is 8.30. The van der Waals surface area contributed by atoms with E-state index in [0.717, 1.165) is 11.6 Å². The van der Waals surface area contributed by atoms with Crippen LogP contribution in [0.5, 0.6) is 0 Å². The van der Waals surface area contributed by atoms with Crippen LogP contribution in [-0.2, 0) is 0 Å². The van der Waals surface area contributed by atoms with Gasteiger partial charge in [-0.25, -0.2) is 0 Å². The van der Waals surface area contributed by atoms with Crippen molar-refractivity contribution in [1.82, 2.24) is 0 Å². The van der Waals surface area contributed by atoms with Crippen LogP contribution >= 0.6 is 11.6 Å². The van der Waals surface area contributed by atoms with Gasteiger partial charge in [-0.1, -0.05) is 24.9 Å². The van der Waals surface area contributed by atoms with Crippen molar-refractivity contribution in [3.8, 4) is 6.07 Å². The van der Waals surface area contributed by atoms with E-state index in [1.165, 1.54) is 32.1 Å². The number of nitriles is 1. The van der Waals surface area contributed by atoms with Crippen LogP contribution in [0.2, 0.25) is 5.02 Å². The summed E-state index contributed by atoms with van der Waals surface area (Å²) in [5.41, 5.74) is 1.68. The summed E-state index contributed by atoms with van der Waals surface area (Å²) < 4.78 is 0. The number of halogens is 1. The van der Waals surface area contributed by atoms with Gasteiger partial charge in [0.2, 0.25) is 0 Å². The lowest BCUT2D eigenvalue weighted by Gasteiger charge is -2.36. The van der Waals surface area contributed by atoms with Gasteiger partial charge in [0.15, 0.2) is 0 Å². The Morgan fingerprint density at radius 1 is 1.32 bits per heavy atom. The van der Waals surface area contributed by atoms with Crippen LogP contribution in [0.1, 0.15) is 44.6 Å². The van der Waals surface area contributed by atoms with Crippen LogP contribution in [0.3, 0.4) is 0 Å². The number of hydrogen-bond donors (Lipinski definition) is 0. The Morgan fingerprint density at radius 2 is 2.00 bits per heavy atom. The van der Waals surface area contributed by atoms with Crippen molar-refractivity contribution in [3.05, 3.63) is 28.8 Å². The number of hydrogen-bond acceptors (Lipinski definition) is 2. The highest BCUT2D eigenvalue weighted by atomic mass is 35.5. The topological polar surface area (TPSA) is 27.0 Å². The van der Waals surface area contributed by atoms with Crippen LogP contribution in [-0.4, -0.2) is 13.1 Å². The van der Waals surface area contributed by atoms with Gasteiger partial charge in [-0.15, -0.1) is 0 Å². The Bertz CT molecular complexity index is 470. The second-order valence-corrected chi connectivity index (χ2v) is 5.90. The fourth-order valence-electron chi connectivity index (χ4n) is 3.03. The molecule has 1 aliphatic carbocycles. The van der Waals surface area contributed by atoms with Gasteiger partial charge in [0, 0.05) is 18.1 Å². The molecule has 0 atom stereocenters. The minimum Gasteiger partial charge on any atom is -0.371 e. The number of rotatable bonds is 3. The molecule has 0 unspecified atom stereocenters. The van der Waals surface area contributed by atoms with Crippen molar-refractivity contribution in [2.45, 2.75) is 45.1 Å². The van der Waals surface area contributed by atoms with Crippen molar-refractivity contribution >= 4 is 17.3 Å². The summed E-state index contributed by atoms with van der Waals surface area (Å²) in [6.45, 7) is 2.28. The van der Waals surface area contributed by atoms with Gasteiger partial charge < -0.3 is 4.90 Å². The molecule has 19 heavy (non-hydrogen) atoms. The third-order valence-electron chi connectivity index (χ3n) is 4.40. The van der Waals surface area contributed by atoms with Crippen molar-refractivity contribution in [3.63, 3.8) is 0 Å². The summed E-state index contributed by atoms with van der Waals surface area (Å²) >= 11 is 6.07. The second-order valence-electron chi connectivity index (χ2n) is 5.47. The molecule has 0 heterocycles. The molecule has 3 heteroatoms. The Balaban J connectivity index is 2.14. The van der Waals surface area contributed by atoms with Gasteiger partial charge in [0.25, 0.3) is 0 Å². The third kappa shape index (κ3) is 3.22. The van der Waals surface area contributed by atoms with Crippen molar-refractivity contribution in [2.75, 3.05) is 11.9 Å². The van der Waals surface area contributed by atoms with Gasteiger partial charge in [-0.3, -0.25) is 0 Å². The molecule has 0 radical (unpaired) electrons. The zero-order valence-corrected chi connectivity index (χ0v) is 12.5. The highest BCUT2D eigenvalue weighted by Gasteiger charge is 2.24. The van der Waals surface area contributed by atoms with Crippen LogP contribution < -0.4 is 4.90 Å². The van der Waals surface area contributed by atoms with E-state index in [1.807, 2.05) is 12.1 Å². The van der Waals surface area contributed by atoms with Crippen molar-refractivity contribution in [2.24, 2.45) is 5.92 Å². The van der Waals surface area contributed by atoms with Gasteiger partial charge in [-0.05, 0) is 49.8 Å². The lowest BCUT2D eigenvalue weighted by atomic mass is 9.84. The monoisotopic (exact) mass is 276 g/mol. The van der Waals surface area contributed by atoms with E-state index in [-0.39, 0.29) is 0 Å². The first-order valence-corrected chi connectivity index (χ1v) is 7.46. The molecule has 0 aliphatic heterocycles. The number of benzene rings is 1. The molecule has 1 fully saturated rings. The molecule has 1 saturated carbocycles. The molecule has 1 aromatic rings. The van der Waals surface area contributed by atoms with Gasteiger partial charge in [-0.2, -0.15) is 5.26 Å². The van der Waals surface area contributed by atoms with E-state index in [1.54, 1.807) is 6.07 Å². The molecule has 0 N–H and O–H groups in total.